The maximum atomic E-state index is 10.9. The summed E-state index contributed by atoms with van der Waals surface area (Å²) in [5.74, 6) is -0.561. The van der Waals surface area contributed by atoms with Gasteiger partial charge in [0, 0.05) is 13.2 Å². The minimum atomic E-state index is -0.984. The van der Waals surface area contributed by atoms with Crippen LogP contribution in [0.2, 0.25) is 0 Å². The van der Waals surface area contributed by atoms with Crippen molar-refractivity contribution in [3.05, 3.63) is 36.0 Å². The summed E-state index contributed by atoms with van der Waals surface area (Å²) in [7, 11) is 1.78. The zero-order valence-electron chi connectivity index (χ0n) is 9.49. The van der Waals surface area contributed by atoms with Crippen molar-refractivity contribution in [3.63, 3.8) is 0 Å². The molecule has 0 aliphatic rings. The SMILES string of the molecule is Cn1nccc1-c1nc2cc(C(=O)O)ccc2o1. The number of rotatable bonds is 2. The van der Waals surface area contributed by atoms with Crippen LogP contribution in [0.1, 0.15) is 10.4 Å². The zero-order chi connectivity index (χ0) is 12.7. The molecule has 3 rings (SSSR count). The number of nitrogens with zero attached hydrogens (tertiary/aromatic N) is 3. The van der Waals surface area contributed by atoms with Crippen molar-refractivity contribution in [2.24, 2.45) is 7.05 Å². The average molecular weight is 243 g/mol. The van der Waals surface area contributed by atoms with E-state index >= 15 is 0 Å². The minimum Gasteiger partial charge on any atom is -0.478 e. The molecule has 0 amide bonds. The van der Waals surface area contributed by atoms with Crippen LogP contribution in [-0.4, -0.2) is 25.8 Å². The number of hydrogen-bond acceptors (Lipinski definition) is 4. The van der Waals surface area contributed by atoms with Crippen molar-refractivity contribution in [2.75, 3.05) is 0 Å². The molecule has 3 aromatic rings. The largest absolute Gasteiger partial charge is 0.478 e. The molecule has 0 spiro atoms. The van der Waals surface area contributed by atoms with Gasteiger partial charge in [0.2, 0.25) is 5.89 Å². The molecular formula is C12H9N3O3. The molecule has 0 saturated carbocycles. The summed E-state index contributed by atoms with van der Waals surface area (Å²) in [4.78, 5) is 15.1. The number of carboxylic acids is 1. The lowest BCUT2D eigenvalue weighted by molar-refractivity contribution is 0.0697. The number of aromatic nitrogens is 3. The van der Waals surface area contributed by atoms with E-state index in [4.69, 9.17) is 9.52 Å². The van der Waals surface area contributed by atoms with Gasteiger partial charge in [0.25, 0.3) is 0 Å². The maximum Gasteiger partial charge on any atom is 0.335 e. The second kappa shape index (κ2) is 3.69. The van der Waals surface area contributed by atoms with E-state index in [0.717, 1.165) is 5.69 Å². The summed E-state index contributed by atoms with van der Waals surface area (Å²) in [6.07, 6.45) is 1.65. The van der Waals surface area contributed by atoms with Crippen LogP contribution in [0.4, 0.5) is 0 Å². The molecule has 2 aromatic heterocycles. The van der Waals surface area contributed by atoms with E-state index in [9.17, 15) is 4.79 Å². The first-order valence-electron chi connectivity index (χ1n) is 5.27. The van der Waals surface area contributed by atoms with E-state index in [1.54, 1.807) is 30.1 Å². The molecule has 1 N–H and O–H groups in total. The Kier molecular flexibility index (Phi) is 2.16. The predicted octanol–water partition coefficient (Wildman–Crippen LogP) is 1.93. The second-order valence-corrected chi connectivity index (χ2v) is 3.85. The van der Waals surface area contributed by atoms with Gasteiger partial charge in [-0.25, -0.2) is 9.78 Å². The van der Waals surface area contributed by atoms with E-state index in [2.05, 4.69) is 10.1 Å². The molecule has 0 aliphatic heterocycles. The van der Waals surface area contributed by atoms with E-state index in [-0.39, 0.29) is 5.56 Å². The number of carbonyl (C=O) groups is 1. The fourth-order valence-corrected chi connectivity index (χ4v) is 1.75. The molecule has 1 aromatic carbocycles. The summed E-state index contributed by atoms with van der Waals surface area (Å²) in [5.41, 5.74) is 2.00. The number of carboxylic acid groups (broad SMARTS) is 1. The third-order valence-electron chi connectivity index (χ3n) is 2.67. The number of benzene rings is 1. The van der Waals surface area contributed by atoms with Crippen LogP contribution in [0.5, 0.6) is 0 Å². The first-order valence-corrected chi connectivity index (χ1v) is 5.27. The van der Waals surface area contributed by atoms with E-state index < -0.39 is 5.97 Å². The summed E-state index contributed by atoms with van der Waals surface area (Å²) in [6.45, 7) is 0. The Morgan fingerprint density at radius 2 is 2.22 bits per heavy atom. The quantitative estimate of drug-likeness (QED) is 0.743. The van der Waals surface area contributed by atoms with Crippen molar-refractivity contribution in [2.45, 2.75) is 0 Å². The summed E-state index contributed by atoms with van der Waals surface area (Å²) >= 11 is 0. The van der Waals surface area contributed by atoms with Crippen LogP contribution in [0, 0.1) is 0 Å². The van der Waals surface area contributed by atoms with Crippen LogP contribution >= 0.6 is 0 Å². The van der Waals surface area contributed by atoms with Gasteiger partial charge in [0.05, 0.1) is 5.56 Å². The lowest BCUT2D eigenvalue weighted by atomic mass is 10.2. The molecule has 6 nitrogen and oxygen atoms in total. The molecule has 0 radical (unpaired) electrons. The number of aromatic carboxylic acids is 1. The molecule has 0 bridgehead atoms. The monoisotopic (exact) mass is 243 g/mol. The first kappa shape index (κ1) is 10.5. The van der Waals surface area contributed by atoms with Gasteiger partial charge in [0.15, 0.2) is 5.58 Å². The van der Waals surface area contributed by atoms with Crippen LogP contribution in [0.3, 0.4) is 0 Å². The van der Waals surface area contributed by atoms with E-state index in [1.165, 1.54) is 12.1 Å². The maximum absolute atomic E-state index is 10.9. The minimum absolute atomic E-state index is 0.187. The third-order valence-corrected chi connectivity index (χ3v) is 2.67. The Labute approximate surface area is 101 Å². The Bertz CT molecular complexity index is 742. The summed E-state index contributed by atoms with van der Waals surface area (Å²) in [6, 6.07) is 6.36. The molecule has 0 fully saturated rings. The molecular weight excluding hydrogens is 234 g/mol. The smallest absolute Gasteiger partial charge is 0.335 e. The van der Waals surface area contributed by atoms with Gasteiger partial charge in [-0.15, -0.1) is 0 Å². The first-order chi connectivity index (χ1) is 8.65. The highest BCUT2D eigenvalue weighted by molar-refractivity contribution is 5.92. The topological polar surface area (TPSA) is 81.2 Å². The molecule has 0 saturated heterocycles. The van der Waals surface area contributed by atoms with Crippen molar-refractivity contribution in [1.29, 1.82) is 0 Å². The van der Waals surface area contributed by atoms with Crippen LogP contribution in [0.15, 0.2) is 34.9 Å². The van der Waals surface area contributed by atoms with Gasteiger partial charge in [-0.1, -0.05) is 0 Å². The molecule has 90 valence electrons. The number of aryl methyl sites for hydroxylation is 1. The Morgan fingerprint density at radius 1 is 1.39 bits per heavy atom. The van der Waals surface area contributed by atoms with Gasteiger partial charge < -0.3 is 9.52 Å². The predicted molar refractivity (Wildman–Crippen MR) is 63.2 cm³/mol. The highest BCUT2D eigenvalue weighted by Gasteiger charge is 2.13. The molecule has 6 heteroatoms. The van der Waals surface area contributed by atoms with Crippen molar-refractivity contribution < 1.29 is 14.3 Å². The van der Waals surface area contributed by atoms with Gasteiger partial charge in [-0.3, -0.25) is 4.68 Å². The normalized spacial score (nSPS) is 10.9. The summed E-state index contributed by atoms with van der Waals surface area (Å²) in [5, 5.41) is 12.9. The van der Waals surface area contributed by atoms with Gasteiger partial charge in [-0.2, -0.15) is 5.10 Å². The molecule has 0 aliphatic carbocycles. The Morgan fingerprint density at radius 3 is 2.89 bits per heavy atom. The third kappa shape index (κ3) is 1.55. The van der Waals surface area contributed by atoms with Gasteiger partial charge in [-0.05, 0) is 24.3 Å². The lowest BCUT2D eigenvalue weighted by Gasteiger charge is -1.93. The zero-order valence-corrected chi connectivity index (χ0v) is 9.49. The highest BCUT2D eigenvalue weighted by atomic mass is 16.4. The van der Waals surface area contributed by atoms with E-state index in [0.29, 0.717) is 17.0 Å². The van der Waals surface area contributed by atoms with Crippen molar-refractivity contribution in [3.8, 4) is 11.6 Å². The molecule has 0 unspecified atom stereocenters. The van der Waals surface area contributed by atoms with Crippen LogP contribution in [0.25, 0.3) is 22.7 Å². The Hall–Kier alpha value is -2.63. The molecule has 0 atom stereocenters. The average Bonchev–Trinajstić information content (AvgIpc) is 2.92. The molecule has 2 heterocycles. The van der Waals surface area contributed by atoms with E-state index in [1.807, 2.05) is 0 Å². The Balaban J connectivity index is 2.17. The lowest BCUT2D eigenvalue weighted by Crippen LogP contribution is -1.94. The number of oxazole rings is 1. The van der Waals surface area contributed by atoms with Gasteiger partial charge >= 0.3 is 5.97 Å². The number of hydrogen-bond donors (Lipinski definition) is 1. The van der Waals surface area contributed by atoms with Crippen LogP contribution in [-0.2, 0) is 7.05 Å². The van der Waals surface area contributed by atoms with Crippen molar-refractivity contribution in [1.82, 2.24) is 14.8 Å². The molecule has 18 heavy (non-hydrogen) atoms. The highest BCUT2D eigenvalue weighted by Crippen LogP contribution is 2.24. The summed E-state index contributed by atoms with van der Waals surface area (Å²) < 4.78 is 7.20. The fraction of sp³-hybridized carbons (Fsp3) is 0.0833. The number of fused-ring (bicyclic) bond motifs is 1. The van der Waals surface area contributed by atoms with Gasteiger partial charge in [0.1, 0.15) is 11.2 Å². The van der Waals surface area contributed by atoms with Crippen molar-refractivity contribution >= 4 is 17.1 Å². The fourth-order valence-electron chi connectivity index (χ4n) is 1.75. The standard InChI is InChI=1S/C12H9N3O3/c1-15-9(4-5-13-15)11-14-8-6-7(12(16)17)2-3-10(8)18-11/h2-6H,1H3,(H,16,17). The second-order valence-electron chi connectivity index (χ2n) is 3.85. The van der Waals surface area contributed by atoms with Crippen LogP contribution < -0.4 is 0 Å².